The molecule has 0 aromatic heterocycles. The van der Waals surface area contributed by atoms with E-state index in [0.717, 1.165) is 12.2 Å². The van der Waals surface area contributed by atoms with Crippen LogP contribution >= 0.6 is 0 Å². The minimum atomic E-state index is -0.579. The Morgan fingerprint density at radius 3 is 1.73 bits per heavy atom. The molecule has 77 valence electrons. The van der Waals surface area contributed by atoms with E-state index in [1.165, 1.54) is 6.92 Å². The third-order valence-electron chi connectivity index (χ3n) is 0.875. The van der Waals surface area contributed by atoms with E-state index in [2.05, 4.69) is 16.1 Å². The smallest absolute Gasteiger partial charge is 0.338 e. The van der Waals surface area contributed by atoms with Crippen molar-refractivity contribution in [3.05, 3.63) is 24.5 Å². The van der Waals surface area contributed by atoms with Crippen molar-refractivity contribution in [2.24, 2.45) is 0 Å². The summed E-state index contributed by atoms with van der Waals surface area (Å²) >= 11 is 0. The molecule has 0 aliphatic carbocycles. The van der Waals surface area contributed by atoms with Gasteiger partial charge in [0.25, 0.3) is 0 Å². The molecule has 1 heterocycles. The van der Waals surface area contributed by atoms with Crippen molar-refractivity contribution in [3.8, 4) is 0 Å². The summed E-state index contributed by atoms with van der Waals surface area (Å²) in [7, 11) is 0. The van der Waals surface area contributed by atoms with E-state index < -0.39 is 11.9 Å². The van der Waals surface area contributed by atoms with Gasteiger partial charge in [0.2, 0.25) is 0 Å². The van der Waals surface area contributed by atoms with Gasteiger partial charge in [0.05, 0.1) is 5.76 Å². The Bertz CT molecular complexity index is 278. The molecule has 0 spiro atoms. The van der Waals surface area contributed by atoms with E-state index in [1.807, 2.05) is 0 Å². The standard InChI is InChI=1S/C5H8O2.C4H2O3.Na/c1-4(2)7-5(3)6;5-3-1-2-4(6)7-3;/h1H2,2-3H3;1-2H;. The third kappa shape index (κ3) is 11.0. The topological polar surface area (TPSA) is 69.7 Å². The normalized spacial score (nSPS) is 11.9. The third-order valence-corrected chi connectivity index (χ3v) is 0.875. The summed E-state index contributed by atoms with van der Waals surface area (Å²) < 4.78 is 8.39. The van der Waals surface area contributed by atoms with Crippen LogP contribution < -0.4 is 0 Å². The van der Waals surface area contributed by atoms with Crippen molar-refractivity contribution >= 4 is 47.5 Å². The van der Waals surface area contributed by atoms with Crippen LogP contribution in [0.3, 0.4) is 0 Å². The van der Waals surface area contributed by atoms with Gasteiger partial charge in [-0.05, 0) is 6.92 Å². The van der Waals surface area contributed by atoms with Crippen molar-refractivity contribution in [1.82, 2.24) is 0 Å². The average molecular weight is 221 g/mol. The maximum atomic E-state index is 9.97. The maximum absolute atomic E-state index is 9.97. The van der Waals surface area contributed by atoms with Gasteiger partial charge < -0.3 is 9.47 Å². The van der Waals surface area contributed by atoms with Crippen LogP contribution in [0.4, 0.5) is 0 Å². The van der Waals surface area contributed by atoms with Gasteiger partial charge in [-0.15, -0.1) is 0 Å². The Hall–Kier alpha value is -0.910. The van der Waals surface area contributed by atoms with Crippen molar-refractivity contribution in [3.63, 3.8) is 0 Å². The molecule has 1 rings (SSSR count). The molecular formula is C9H10NaO5. The first-order chi connectivity index (χ1) is 6.41. The molecular weight excluding hydrogens is 211 g/mol. The fourth-order valence-corrected chi connectivity index (χ4v) is 0.549. The molecule has 1 aliphatic rings. The van der Waals surface area contributed by atoms with Gasteiger partial charge >= 0.3 is 17.9 Å². The SMILES string of the molecule is C=C(C)OC(C)=O.O=C1C=CC(=O)O1.[Na]. The number of rotatable bonds is 1. The van der Waals surface area contributed by atoms with E-state index in [-0.39, 0.29) is 35.5 Å². The molecule has 0 amide bonds. The minimum Gasteiger partial charge on any atom is -0.432 e. The summed E-state index contributed by atoms with van der Waals surface area (Å²) in [6.07, 6.45) is 2.17. The molecule has 0 atom stereocenters. The fraction of sp³-hybridized carbons (Fsp3) is 0.222. The first-order valence-electron chi connectivity index (χ1n) is 3.69. The van der Waals surface area contributed by atoms with Crippen LogP contribution in [0.1, 0.15) is 13.8 Å². The number of cyclic esters (lactones) is 2. The van der Waals surface area contributed by atoms with Crippen LogP contribution in [0.2, 0.25) is 0 Å². The van der Waals surface area contributed by atoms with Gasteiger partial charge in [-0.1, -0.05) is 6.58 Å². The summed E-state index contributed by atoms with van der Waals surface area (Å²) in [6.45, 7) is 6.32. The number of hydrogen-bond donors (Lipinski definition) is 0. The number of carbonyl (C=O) groups excluding carboxylic acids is 3. The number of carbonyl (C=O) groups is 3. The van der Waals surface area contributed by atoms with Crippen molar-refractivity contribution in [1.29, 1.82) is 0 Å². The maximum Gasteiger partial charge on any atom is 0.338 e. The Kier molecular flexibility index (Phi) is 9.25. The fourth-order valence-electron chi connectivity index (χ4n) is 0.549. The van der Waals surface area contributed by atoms with Crippen molar-refractivity contribution in [2.75, 3.05) is 0 Å². The molecule has 0 unspecified atom stereocenters. The van der Waals surface area contributed by atoms with Crippen LogP contribution in [0.15, 0.2) is 24.5 Å². The largest absolute Gasteiger partial charge is 0.432 e. The van der Waals surface area contributed by atoms with Gasteiger partial charge in [-0.3, -0.25) is 4.79 Å². The molecule has 1 radical (unpaired) electrons. The van der Waals surface area contributed by atoms with Crippen LogP contribution in [0.5, 0.6) is 0 Å². The van der Waals surface area contributed by atoms with Crippen molar-refractivity contribution in [2.45, 2.75) is 13.8 Å². The number of ether oxygens (including phenoxy) is 2. The number of esters is 3. The molecule has 5 nitrogen and oxygen atoms in total. The quantitative estimate of drug-likeness (QED) is 0.276. The molecule has 0 aromatic carbocycles. The second-order valence-electron chi connectivity index (χ2n) is 2.37. The van der Waals surface area contributed by atoms with Gasteiger partial charge in [0.15, 0.2) is 0 Å². The van der Waals surface area contributed by atoms with Gasteiger partial charge in [-0.2, -0.15) is 0 Å². The molecule has 0 saturated heterocycles. The Morgan fingerprint density at radius 1 is 1.27 bits per heavy atom. The predicted molar refractivity (Wildman–Crippen MR) is 52.6 cm³/mol. The first kappa shape index (κ1) is 16.5. The zero-order valence-corrected chi connectivity index (χ0v) is 10.9. The van der Waals surface area contributed by atoms with E-state index in [0.29, 0.717) is 5.76 Å². The summed E-state index contributed by atoms with van der Waals surface area (Å²) in [5.41, 5.74) is 0. The van der Waals surface area contributed by atoms with E-state index in [4.69, 9.17) is 0 Å². The zero-order valence-electron chi connectivity index (χ0n) is 8.90. The molecule has 0 bridgehead atoms. The van der Waals surface area contributed by atoms with Crippen LogP contribution in [-0.2, 0) is 23.9 Å². The van der Waals surface area contributed by atoms with E-state index >= 15 is 0 Å². The first-order valence-corrected chi connectivity index (χ1v) is 3.69. The molecule has 0 saturated carbocycles. The summed E-state index contributed by atoms with van der Waals surface area (Å²) in [5.74, 6) is -1.03. The van der Waals surface area contributed by atoms with Gasteiger partial charge in [0, 0.05) is 48.6 Å². The van der Waals surface area contributed by atoms with Crippen LogP contribution in [-0.4, -0.2) is 47.5 Å². The van der Waals surface area contributed by atoms with Gasteiger partial charge in [-0.25, -0.2) is 9.59 Å². The van der Waals surface area contributed by atoms with Gasteiger partial charge in [0.1, 0.15) is 0 Å². The zero-order chi connectivity index (χ0) is 11.1. The second-order valence-corrected chi connectivity index (χ2v) is 2.37. The molecule has 15 heavy (non-hydrogen) atoms. The monoisotopic (exact) mass is 221 g/mol. The Labute approximate surface area is 109 Å². The molecule has 0 aromatic rings. The molecule has 1 aliphatic heterocycles. The number of allylic oxidation sites excluding steroid dienone is 1. The van der Waals surface area contributed by atoms with Crippen LogP contribution in [0.25, 0.3) is 0 Å². The summed E-state index contributed by atoms with van der Waals surface area (Å²) in [4.78, 5) is 29.8. The molecule has 6 heteroatoms. The minimum absolute atomic E-state index is 0. The Balaban J connectivity index is 0. The molecule has 0 N–H and O–H groups in total. The second kappa shape index (κ2) is 8.40. The van der Waals surface area contributed by atoms with E-state index in [9.17, 15) is 14.4 Å². The van der Waals surface area contributed by atoms with E-state index in [1.54, 1.807) is 6.92 Å². The summed E-state index contributed by atoms with van der Waals surface area (Å²) in [6, 6.07) is 0. The predicted octanol–water partition coefficient (Wildman–Crippen LogP) is 0.328. The number of hydrogen-bond acceptors (Lipinski definition) is 5. The molecule has 0 fully saturated rings. The summed E-state index contributed by atoms with van der Waals surface area (Å²) in [5, 5.41) is 0. The van der Waals surface area contributed by atoms with Crippen molar-refractivity contribution < 1.29 is 23.9 Å². The average Bonchev–Trinajstić information content (AvgIpc) is 2.32. The van der Waals surface area contributed by atoms with Crippen LogP contribution in [0, 0.1) is 0 Å². The Morgan fingerprint density at radius 2 is 1.67 bits per heavy atom.